The van der Waals surface area contributed by atoms with Crippen molar-refractivity contribution < 1.29 is 0 Å². The minimum atomic E-state index is 0.840. The van der Waals surface area contributed by atoms with E-state index in [0.29, 0.717) is 0 Å². The Labute approximate surface area is 93.1 Å². The highest BCUT2D eigenvalue weighted by molar-refractivity contribution is 5.25. The molecule has 1 aliphatic carbocycles. The van der Waals surface area contributed by atoms with Crippen LogP contribution in [0.3, 0.4) is 0 Å². The van der Waals surface area contributed by atoms with Crippen molar-refractivity contribution in [1.82, 2.24) is 4.90 Å². The van der Waals surface area contributed by atoms with Crippen LogP contribution in [0.15, 0.2) is 30.3 Å². The van der Waals surface area contributed by atoms with Crippen molar-refractivity contribution in [3.63, 3.8) is 0 Å². The fourth-order valence-corrected chi connectivity index (χ4v) is 2.37. The summed E-state index contributed by atoms with van der Waals surface area (Å²) in [7, 11) is 0. The van der Waals surface area contributed by atoms with Gasteiger partial charge in [0, 0.05) is 6.54 Å². The molecule has 0 spiro atoms. The first-order chi connectivity index (χ1) is 7.35. The van der Waals surface area contributed by atoms with Gasteiger partial charge in [-0.2, -0.15) is 0 Å². The number of rotatable bonds is 5. The molecule has 0 N–H and O–H groups in total. The summed E-state index contributed by atoms with van der Waals surface area (Å²) < 4.78 is 0. The normalized spacial score (nSPS) is 24.5. The van der Waals surface area contributed by atoms with Crippen LogP contribution in [0.4, 0.5) is 0 Å². The highest BCUT2D eigenvalue weighted by atomic mass is 15.1. The molecule has 2 atom stereocenters. The molecular weight excluding hydrogens is 182 g/mol. The van der Waals surface area contributed by atoms with E-state index in [-0.39, 0.29) is 0 Å². The quantitative estimate of drug-likeness (QED) is 0.710. The van der Waals surface area contributed by atoms with Crippen molar-refractivity contribution in [2.24, 2.45) is 5.92 Å². The van der Waals surface area contributed by atoms with Crippen molar-refractivity contribution in [3.8, 4) is 0 Å². The van der Waals surface area contributed by atoms with Gasteiger partial charge in [0.2, 0.25) is 0 Å². The fraction of sp³-hybridized carbons (Fsp3) is 0.571. The molecule has 15 heavy (non-hydrogen) atoms. The Bertz CT molecular complexity index is 289. The fourth-order valence-electron chi connectivity index (χ4n) is 2.37. The molecule has 0 amide bonds. The van der Waals surface area contributed by atoms with E-state index in [1.807, 2.05) is 0 Å². The molecule has 0 aliphatic heterocycles. The lowest BCUT2D eigenvalue weighted by atomic mass is 10.1. The van der Waals surface area contributed by atoms with Gasteiger partial charge < -0.3 is 4.90 Å². The molecule has 1 aliphatic rings. The smallest absolute Gasteiger partial charge is 0.00155 e. The summed E-state index contributed by atoms with van der Waals surface area (Å²) >= 11 is 0. The van der Waals surface area contributed by atoms with E-state index in [0.717, 1.165) is 11.8 Å². The predicted octanol–water partition coefficient (Wildman–Crippen LogP) is 3.13. The van der Waals surface area contributed by atoms with Crippen LogP contribution in [-0.4, -0.2) is 24.5 Å². The molecule has 0 heterocycles. The Kier molecular flexibility index (Phi) is 3.42. The molecule has 2 rings (SSSR count). The van der Waals surface area contributed by atoms with E-state index < -0.39 is 0 Å². The van der Waals surface area contributed by atoms with Gasteiger partial charge in [-0.05, 0) is 36.9 Å². The van der Waals surface area contributed by atoms with Crippen LogP contribution < -0.4 is 0 Å². The average Bonchev–Trinajstić information content (AvgIpc) is 3.06. The molecule has 1 fully saturated rings. The summed E-state index contributed by atoms with van der Waals surface area (Å²) in [6, 6.07) is 11.0. The summed E-state index contributed by atoms with van der Waals surface area (Å²) in [6.07, 6.45) is 1.39. The minimum Gasteiger partial charge on any atom is -0.304 e. The first-order valence-electron chi connectivity index (χ1n) is 6.12. The van der Waals surface area contributed by atoms with Crippen LogP contribution in [0.2, 0.25) is 0 Å². The van der Waals surface area contributed by atoms with Crippen molar-refractivity contribution in [2.45, 2.75) is 26.2 Å². The number of hydrogen-bond acceptors (Lipinski definition) is 1. The van der Waals surface area contributed by atoms with E-state index in [1.54, 1.807) is 0 Å². The molecule has 1 nitrogen and oxygen atoms in total. The second kappa shape index (κ2) is 4.80. The molecule has 1 heteroatoms. The summed E-state index contributed by atoms with van der Waals surface area (Å²) in [5.74, 6) is 1.75. The molecule has 82 valence electrons. The summed E-state index contributed by atoms with van der Waals surface area (Å²) in [6.45, 7) is 8.17. The van der Waals surface area contributed by atoms with Crippen molar-refractivity contribution >= 4 is 0 Å². The average molecular weight is 203 g/mol. The number of hydrogen-bond donors (Lipinski definition) is 0. The standard InChI is InChI=1S/C14H21N/c1-3-15(4-2)11-13-10-14(13)12-8-6-5-7-9-12/h5-9,13-14H,3-4,10-11H2,1-2H3/t13-,14+/m0/s1. The van der Waals surface area contributed by atoms with E-state index in [2.05, 4.69) is 49.1 Å². The largest absolute Gasteiger partial charge is 0.304 e. The number of benzene rings is 1. The zero-order valence-corrected chi connectivity index (χ0v) is 9.82. The van der Waals surface area contributed by atoms with E-state index in [1.165, 1.54) is 31.6 Å². The first-order valence-corrected chi connectivity index (χ1v) is 6.12. The van der Waals surface area contributed by atoms with Gasteiger partial charge >= 0.3 is 0 Å². The van der Waals surface area contributed by atoms with Gasteiger partial charge in [0.05, 0.1) is 0 Å². The van der Waals surface area contributed by atoms with Gasteiger partial charge in [-0.1, -0.05) is 44.2 Å². The van der Waals surface area contributed by atoms with Crippen molar-refractivity contribution in [1.29, 1.82) is 0 Å². The van der Waals surface area contributed by atoms with Gasteiger partial charge in [0.15, 0.2) is 0 Å². The summed E-state index contributed by atoms with van der Waals surface area (Å²) in [5, 5.41) is 0. The van der Waals surface area contributed by atoms with Crippen molar-refractivity contribution in [3.05, 3.63) is 35.9 Å². The Morgan fingerprint density at radius 3 is 2.40 bits per heavy atom. The van der Waals surface area contributed by atoms with Crippen molar-refractivity contribution in [2.75, 3.05) is 19.6 Å². The van der Waals surface area contributed by atoms with Crippen LogP contribution in [0, 0.1) is 5.92 Å². The molecule has 0 saturated heterocycles. The molecular formula is C14H21N. The van der Waals surface area contributed by atoms with Crippen LogP contribution in [0.5, 0.6) is 0 Å². The highest BCUT2D eigenvalue weighted by Gasteiger charge is 2.38. The maximum Gasteiger partial charge on any atom is 0.00155 e. The maximum absolute atomic E-state index is 2.54. The SMILES string of the molecule is CCN(CC)C[C@@H]1C[C@@H]1c1ccccc1. The Hall–Kier alpha value is -0.820. The topological polar surface area (TPSA) is 3.24 Å². The van der Waals surface area contributed by atoms with Gasteiger partial charge in [-0.15, -0.1) is 0 Å². The summed E-state index contributed by atoms with van der Waals surface area (Å²) in [5.41, 5.74) is 1.54. The van der Waals surface area contributed by atoms with Gasteiger partial charge in [-0.3, -0.25) is 0 Å². The van der Waals surface area contributed by atoms with Crippen LogP contribution in [0.25, 0.3) is 0 Å². The van der Waals surface area contributed by atoms with Gasteiger partial charge in [0.1, 0.15) is 0 Å². The highest BCUT2D eigenvalue weighted by Crippen LogP contribution is 2.47. The maximum atomic E-state index is 2.54. The molecule has 1 aromatic carbocycles. The lowest BCUT2D eigenvalue weighted by Crippen LogP contribution is -2.25. The molecule has 0 bridgehead atoms. The first kappa shape index (κ1) is 10.7. The molecule has 0 radical (unpaired) electrons. The zero-order valence-electron chi connectivity index (χ0n) is 9.82. The third-order valence-electron chi connectivity index (χ3n) is 3.54. The molecule has 1 aromatic rings. The lowest BCUT2D eigenvalue weighted by molar-refractivity contribution is 0.289. The van der Waals surface area contributed by atoms with Crippen LogP contribution >= 0.6 is 0 Å². The second-order valence-electron chi connectivity index (χ2n) is 4.50. The molecule has 0 aromatic heterocycles. The Morgan fingerprint density at radius 2 is 1.80 bits per heavy atom. The monoisotopic (exact) mass is 203 g/mol. The zero-order chi connectivity index (χ0) is 10.7. The Morgan fingerprint density at radius 1 is 1.13 bits per heavy atom. The predicted molar refractivity (Wildman–Crippen MR) is 65.1 cm³/mol. The van der Waals surface area contributed by atoms with E-state index >= 15 is 0 Å². The van der Waals surface area contributed by atoms with Gasteiger partial charge in [-0.25, -0.2) is 0 Å². The lowest BCUT2D eigenvalue weighted by Gasteiger charge is -2.17. The van der Waals surface area contributed by atoms with E-state index in [4.69, 9.17) is 0 Å². The van der Waals surface area contributed by atoms with E-state index in [9.17, 15) is 0 Å². The molecule has 1 saturated carbocycles. The van der Waals surface area contributed by atoms with Crippen LogP contribution in [0.1, 0.15) is 31.7 Å². The van der Waals surface area contributed by atoms with Crippen LogP contribution in [-0.2, 0) is 0 Å². The molecule has 0 unspecified atom stereocenters. The third kappa shape index (κ3) is 2.60. The Balaban J connectivity index is 1.86. The minimum absolute atomic E-state index is 0.840. The third-order valence-corrected chi connectivity index (χ3v) is 3.54. The summed E-state index contributed by atoms with van der Waals surface area (Å²) in [4.78, 5) is 2.54. The number of nitrogens with zero attached hydrogens (tertiary/aromatic N) is 1. The van der Waals surface area contributed by atoms with Gasteiger partial charge in [0.25, 0.3) is 0 Å². The second-order valence-corrected chi connectivity index (χ2v) is 4.50.